The van der Waals surface area contributed by atoms with Crippen LogP contribution in [0.25, 0.3) is 0 Å². The minimum absolute atomic E-state index is 0.164. The molecule has 0 spiro atoms. The number of amides is 1. The van der Waals surface area contributed by atoms with Crippen LogP contribution < -0.4 is 10.1 Å². The summed E-state index contributed by atoms with van der Waals surface area (Å²) in [5, 5.41) is 6.89. The fourth-order valence-electron chi connectivity index (χ4n) is 2.06. The SMILES string of the molecule is CNC(=O)c1cnn(Cc2ccc(OC)cc2)c1COC. The van der Waals surface area contributed by atoms with Crippen LogP contribution in [-0.4, -0.2) is 37.0 Å². The molecular weight excluding hydrogens is 270 g/mol. The number of benzene rings is 1. The molecule has 21 heavy (non-hydrogen) atoms. The van der Waals surface area contributed by atoms with E-state index < -0.39 is 0 Å². The van der Waals surface area contributed by atoms with Gasteiger partial charge in [-0.2, -0.15) is 5.10 Å². The van der Waals surface area contributed by atoms with Crippen molar-refractivity contribution in [2.24, 2.45) is 0 Å². The zero-order valence-electron chi connectivity index (χ0n) is 12.4. The molecule has 0 atom stereocenters. The lowest BCUT2D eigenvalue weighted by atomic mass is 10.2. The van der Waals surface area contributed by atoms with E-state index in [0.29, 0.717) is 18.7 Å². The third-order valence-electron chi connectivity index (χ3n) is 3.19. The lowest BCUT2D eigenvalue weighted by Crippen LogP contribution is -2.20. The van der Waals surface area contributed by atoms with Gasteiger partial charge in [0.15, 0.2) is 0 Å². The number of ether oxygens (including phenoxy) is 2. The molecular formula is C15H19N3O3. The average Bonchev–Trinajstić information content (AvgIpc) is 2.90. The highest BCUT2D eigenvalue weighted by atomic mass is 16.5. The van der Waals surface area contributed by atoms with Gasteiger partial charge in [-0.15, -0.1) is 0 Å². The van der Waals surface area contributed by atoms with Gasteiger partial charge in [0.1, 0.15) is 5.75 Å². The number of hydrogen-bond donors (Lipinski definition) is 1. The molecule has 2 rings (SSSR count). The summed E-state index contributed by atoms with van der Waals surface area (Å²) in [6.07, 6.45) is 1.57. The number of carbonyl (C=O) groups excluding carboxylic acids is 1. The van der Waals surface area contributed by atoms with Crippen LogP contribution in [0.4, 0.5) is 0 Å². The lowest BCUT2D eigenvalue weighted by Gasteiger charge is -2.09. The second kappa shape index (κ2) is 6.90. The Balaban J connectivity index is 2.25. The molecule has 0 unspecified atom stereocenters. The monoisotopic (exact) mass is 289 g/mol. The van der Waals surface area contributed by atoms with E-state index in [4.69, 9.17) is 9.47 Å². The second-order valence-electron chi connectivity index (χ2n) is 4.52. The Morgan fingerprint density at radius 3 is 2.57 bits per heavy atom. The summed E-state index contributed by atoms with van der Waals surface area (Å²) in [4.78, 5) is 11.8. The molecule has 0 fully saturated rings. The molecule has 0 saturated carbocycles. The number of hydrogen-bond acceptors (Lipinski definition) is 4. The van der Waals surface area contributed by atoms with Gasteiger partial charge in [0, 0.05) is 14.2 Å². The molecule has 112 valence electrons. The first kappa shape index (κ1) is 15.1. The Kier molecular flexibility index (Phi) is 4.94. The number of nitrogens with zero attached hydrogens (tertiary/aromatic N) is 2. The van der Waals surface area contributed by atoms with Crippen LogP contribution in [0.15, 0.2) is 30.5 Å². The zero-order valence-corrected chi connectivity index (χ0v) is 12.4. The van der Waals surface area contributed by atoms with Crippen molar-refractivity contribution in [3.8, 4) is 5.75 Å². The van der Waals surface area contributed by atoms with Crippen molar-refractivity contribution in [2.45, 2.75) is 13.2 Å². The summed E-state index contributed by atoms with van der Waals surface area (Å²) in [6.45, 7) is 0.901. The van der Waals surface area contributed by atoms with Crippen LogP contribution in [0.2, 0.25) is 0 Å². The molecule has 1 heterocycles. The van der Waals surface area contributed by atoms with Gasteiger partial charge >= 0.3 is 0 Å². The van der Waals surface area contributed by atoms with Gasteiger partial charge in [0.2, 0.25) is 0 Å². The Hall–Kier alpha value is -2.34. The molecule has 0 aliphatic carbocycles. The van der Waals surface area contributed by atoms with Crippen LogP contribution in [0.5, 0.6) is 5.75 Å². The van der Waals surface area contributed by atoms with E-state index in [1.54, 1.807) is 32.1 Å². The highest BCUT2D eigenvalue weighted by Crippen LogP contribution is 2.15. The standard InChI is InChI=1S/C15H19N3O3/c1-16-15(19)13-8-17-18(14(13)10-20-2)9-11-4-6-12(21-3)7-5-11/h4-8H,9-10H2,1-3H3,(H,16,19). The third kappa shape index (κ3) is 3.41. The number of nitrogens with one attached hydrogen (secondary N) is 1. The van der Waals surface area contributed by atoms with Crippen molar-refractivity contribution < 1.29 is 14.3 Å². The van der Waals surface area contributed by atoms with Gasteiger partial charge in [-0.25, -0.2) is 0 Å². The maximum atomic E-state index is 11.8. The summed E-state index contributed by atoms with van der Waals surface area (Å²) in [6, 6.07) is 7.73. The molecule has 0 aliphatic heterocycles. The Morgan fingerprint density at radius 2 is 2.00 bits per heavy atom. The van der Waals surface area contributed by atoms with Crippen LogP contribution >= 0.6 is 0 Å². The lowest BCUT2D eigenvalue weighted by molar-refractivity contribution is 0.0957. The van der Waals surface area contributed by atoms with Crippen molar-refractivity contribution in [2.75, 3.05) is 21.3 Å². The van der Waals surface area contributed by atoms with Crippen molar-refractivity contribution in [1.82, 2.24) is 15.1 Å². The van der Waals surface area contributed by atoms with Gasteiger partial charge in [-0.05, 0) is 17.7 Å². The zero-order chi connectivity index (χ0) is 15.2. The quantitative estimate of drug-likeness (QED) is 0.874. The minimum Gasteiger partial charge on any atom is -0.497 e. The van der Waals surface area contributed by atoms with E-state index in [2.05, 4.69) is 10.4 Å². The van der Waals surface area contributed by atoms with Crippen molar-refractivity contribution in [3.63, 3.8) is 0 Å². The first-order chi connectivity index (χ1) is 10.2. The molecule has 6 heteroatoms. The van der Waals surface area contributed by atoms with Crippen LogP contribution in [0.3, 0.4) is 0 Å². The molecule has 2 aromatic rings. The van der Waals surface area contributed by atoms with E-state index in [9.17, 15) is 4.79 Å². The fraction of sp³-hybridized carbons (Fsp3) is 0.333. The molecule has 0 bridgehead atoms. The van der Waals surface area contributed by atoms with E-state index >= 15 is 0 Å². The third-order valence-corrected chi connectivity index (χ3v) is 3.19. The number of methoxy groups -OCH3 is 2. The summed E-state index contributed by atoms with van der Waals surface area (Å²) in [5.74, 6) is 0.644. The number of rotatable bonds is 6. The predicted octanol–water partition coefficient (Wildman–Crippen LogP) is 1.45. The Morgan fingerprint density at radius 1 is 1.29 bits per heavy atom. The first-order valence-corrected chi connectivity index (χ1v) is 6.58. The number of aromatic nitrogens is 2. The van der Waals surface area contributed by atoms with Crippen molar-refractivity contribution >= 4 is 5.91 Å². The maximum absolute atomic E-state index is 11.8. The van der Waals surface area contributed by atoms with Gasteiger partial charge in [-0.1, -0.05) is 12.1 Å². The second-order valence-corrected chi connectivity index (χ2v) is 4.52. The molecule has 1 aromatic carbocycles. The van der Waals surface area contributed by atoms with Crippen LogP contribution in [0, 0.1) is 0 Å². The van der Waals surface area contributed by atoms with Crippen LogP contribution in [-0.2, 0) is 17.9 Å². The van der Waals surface area contributed by atoms with E-state index in [1.165, 1.54) is 0 Å². The van der Waals surface area contributed by atoms with Gasteiger partial charge < -0.3 is 14.8 Å². The molecule has 1 aromatic heterocycles. The smallest absolute Gasteiger partial charge is 0.254 e. The van der Waals surface area contributed by atoms with E-state index in [0.717, 1.165) is 17.0 Å². The van der Waals surface area contributed by atoms with Gasteiger partial charge in [0.25, 0.3) is 5.91 Å². The molecule has 1 N–H and O–H groups in total. The summed E-state index contributed by atoms with van der Waals surface area (Å²) >= 11 is 0. The van der Waals surface area contributed by atoms with Gasteiger partial charge in [-0.3, -0.25) is 9.48 Å². The summed E-state index contributed by atoms with van der Waals surface area (Å²) in [7, 11) is 4.83. The molecule has 0 saturated heterocycles. The van der Waals surface area contributed by atoms with Crippen molar-refractivity contribution in [3.05, 3.63) is 47.3 Å². The highest BCUT2D eigenvalue weighted by Gasteiger charge is 2.16. The van der Waals surface area contributed by atoms with Gasteiger partial charge in [0.05, 0.1) is 37.7 Å². The highest BCUT2D eigenvalue weighted by molar-refractivity contribution is 5.94. The Bertz CT molecular complexity index is 605. The maximum Gasteiger partial charge on any atom is 0.254 e. The minimum atomic E-state index is -0.164. The predicted molar refractivity (Wildman–Crippen MR) is 78.4 cm³/mol. The Labute approximate surface area is 123 Å². The average molecular weight is 289 g/mol. The molecule has 6 nitrogen and oxygen atoms in total. The molecule has 0 aliphatic rings. The normalized spacial score (nSPS) is 10.4. The van der Waals surface area contributed by atoms with E-state index in [1.807, 2.05) is 24.3 Å². The summed E-state index contributed by atoms with van der Waals surface area (Å²) < 4.78 is 12.1. The first-order valence-electron chi connectivity index (χ1n) is 6.58. The topological polar surface area (TPSA) is 65.4 Å². The van der Waals surface area contributed by atoms with Crippen molar-refractivity contribution in [1.29, 1.82) is 0 Å². The molecule has 0 radical (unpaired) electrons. The van der Waals surface area contributed by atoms with Crippen LogP contribution in [0.1, 0.15) is 21.6 Å². The largest absolute Gasteiger partial charge is 0.497 e. The summed E-state index contributed by atoms with van der Waals surface area (Å²) in [5.41, 5.74) is 2.36. The molecule has 1 amide bonds. The fourth-order valence-corrected chi connectivity index (χ4v) is 2.06. The number of carbonyl (C=O) groups is 1. The van der Waals surface area contributed by atoms with E-state index in [-0.39, 0.29) is 5.91 Å².